The Labute approximate surface area is 139 Å². The first-order chi connectivity index (χ1) is 10.5. The number of nitrogens with one attached hydrogen (secondary N) is 1. The van der Waals surface area contributed by atoms with Gasteiger partial charge >= 0.3 is 0 Å². The molecule has 2 aromatic carbocycles. The molecule has 0 aliphatic heterocycles. The first-order valence-electron chi connectivity index (χ1n) is 6.90. The summed E-state index contributed by atoms with van der Waals surface area (Å²) >= 11 is 11.7. The molecule has 1 amide bonds. The quantitative estimate of drug-likeness (QED) is 0.630. The second-order valence-corrected chi connectivity index (χ2v) is 5.66. The largest absolute Gasteiger partial charge is 0.271 e. The summed E-state index contributed by atoms with van der Waals surface area (Å²) in [5.41, 5.74) is 5.95. The van der Waals surface area contributed by atoms with Crippen LogP contribution in [0.2, 0.25) is 10.0 Å². The first kappa shape index (κ1) is 16.5. The minimum atomic E-state index is -0.323. The zero-order valence-electron chi connectivity index (χ0n) is 12.4. The maximum absolute atomic E-state index is 12.1. The maximum Gasteiger partial charge on any atom is 0.271 e. The normalized spacial score (nSPS) is 11.4. The Hall–Kier alpha value is -1.84. The van der Waals surface area contributed by atoms with E-state index in [4.69, 9.17) is 23.2 Å². The zero-order chi connectivity index (χ0) is 16.1. The third kappa shape index (κ3) is 4.09. The summed E-state index contributed by atoms with van der Waals surface area (Å²) in [6.07, 6.45) is 0.713. The number of carbonyl (C=O) groups excluding carboxylic acids is 1. The molecule has 3 nitrogen and oxygen atoms in total. The van der Waals surface area contributed by atoms with Crippen molar-refractivity contribution in [3.63, 3.8) is 0 Å². The van der Waals surface area contributed by atoms with E-state index in [0.29, 0.717) is 22.0 Å². The van der Waals surface area contributed by atoms with Crippen molar-refractivity contribution in [2.24, 2.45) is 5.10 Å². The second kappa shape index (κ2) is 7.43. The molecule has 0 bridgehead atoms. The van der Waals surface area contributed by atoms with E-state index in [1.165, 1.54) is 11.6 Å². The van der Waals surface area contributed by atoms with Crippen LogP contribution in [0.25, 0.3) is 0 Å². The number of aryl methyl sites for hydroxylation is 1. The number of hydrogen-bond donors (Lipinski definition) is 1. The highest BCUT2D eigenvalue weighted by Gasteiger charge is 2.08. The topological polar surface area (TPSA) is 41.5 Å². The Morgan fingerprint density at radius 3 is 2.27 bits per heavy atom. The molecule has 0 atom stereocenters. The molecular formula is C17H16Cl2N2O. The van der Waals surface area contributed by atoms with E-state index < -0.39 is 0 Å². The van der Waals surface area contributed by atoms with Crippen molar-refractivity contribution in [3.05, 3.63) is 69.2 Å². The van der Waals surface area contributed by atoms with Crippen LogP contribution < -0.4 is 5.43 Å². The van der Waals surface area contributed by atoms with Gasteiger partial charge in [-0.1, -0.05) is 60.0 Å². The van der Waals surface area contributed by atoms with Gasteiger partial charge in [0.15, 0.2) is 0 Å². The standard InChI is InChI=1S/C17H16Cl2N2O/c1-3-16(12-6-4-11(2)5-7-12)20-21-17(22)13-8-9-14(18)15(19)10-13/h4-10H,3H2,1-2H3,(H,21,22)/b20-16+. The molecular weight excluding hydrogens is 319 g/mol. The van der Waals surface area contributed by atoms with E-state index in [0.717, 1.165) is 11.3 Å². The number of carbonyl (C=O) groups is 1. The van der Waals surface area contributed by atoms with Crippen molar-refractivity contribution in [1.29, 1.82) is 0 Å². The molecule has 0 saturated heterocycles. The van der Waals surface area contributed by atoms with Crippen molar-refractivity contribution in [2.45, 2.75) is 20.3 Å². The molecule has 0 unspecified atom stereocenters. The van der Waals surface area contributed by atoms with Crippen molar-refractivity contribution < 1.29 is 4.79 Å². The summed E-state index contributed by atoms with van der Waals surface area (Å²) in [5.74, 6) is -0.323. The summed E-state index contributed by atoms with van der Waals surface area (Å²) in [7, 11) is 0. The summed E-state index contributed by atoms with van der Waals surface area (Å²) in [4.78, 5) is 12.1. The molecule has 0 spiro atoms. The molecule has 0 aliphatic carbocycles. The number of hydrogen-bond acceptors (Lipinski definition) is 2. The molecule has 1 N–H and O–H groups in total. The van der Waals surface area contributed by atoms with Crippen molar-refractivity contribution >= 4 is 34.8 Å². The lowest BCUT2D eigenvalue weighted by molar-refractivity contribution is 0.0955. The van der Waals surface area contributed by atoms with E-state index in [-0.39, 0.29) is 5.91 Å². The number of hydrazone groups is 1. The van der Waals surface area contributed by atoms with Gasteiger partial charge in [-0.15, -0.1) is 0 Å². The highest BCUT2D eigenvalue weighted by atomic mass is 35.5. The van der Waals surface area contributed by atoms with Crippen LogP contribution in [0.5, 0.6) is 0 Å². The third-order valence-electron chi connectivity index (χ3n) is 3.19. The van der Waals surface area contributed by atoms with Crippen LogP contribution in [0.4, 0.5) is 0 Å². The Morgan fingerprint density at radius 2 is 1.68 bits per heavy atom. The molecule has 0 aromatic heterocycles. The van der Waals surface area contributed by atoms with E-state index >= 15 is 0 Å². The molecule has 2 rings (SSSR count). The zero-order valence-corrected chi connectivity index (χ0v) is 13.9. The minimum Gasteiger partial charge on any atom is -0.267 e. The van der Waals surface area contributed by atoms with E-state index in [1.807, 2.05) is 38.1 Å². The number of amides is 1. The van der Waals surface area contributed by atoms with Gasteiger partial charge in [-0.2, -0.15) is 5.10 Å². The lowest BCUT2D eigenvalue weighted by Crippen LogP contribution is -2.20. The Morgan fingerprint density at radius 1 is 1.05 bits per heavy atom. The average molecular weight is 335 g/mol. The highest BCUT2D eigenvalue weighted by molar-refractivity contribution is 6.42. The number of benzene rings is 2. The molecule has 0 aliphatic rings. The molecule has 5 heteroatoms. The third-order valence-corrected chi connectivity index (χ3v) is 3.93. The average Bonchev–Trinajstić information content (AvgIpc) is 2.52. The van der Waals surface area contributed by atoms with Crippen molar-refractivity contribution in [1.82, 2.24) is 5.43 Å². The lowest BCUT2D eigenvalue weighted by Gasteiger charge is -2.06. The predicted molar refractivity (Wildman–Crippen MR) is 91.9 cm³/mol. The lowest BCUT2D eigenvalue weighted by atomic mass is 10.1. The fraction of sp³-hybridized carbons (Fsp3) is 0.176. The smallest absolute Gasteiger partial charge is 0.267 e. The van der Waals surface area contributed by atoms with Gasteiger partial charge in [0, 0.05) is 5.56 Å². The molecule has 0 fully saturated rings. The predicted octanol–water partition coefficient (Wildman–Crippen LogP) is 4.85. The molecule has 0 radical (unpaired) electrons. The van der Waals surface area contributed by atoms with E-state index in [2.05, 4.69) is 10.5 Å². The number of rotatable bonds is 4. The van der Waals surface area contributed by atoms with Gasteiger partial charge in [0.25, 0.3) is 5.91 Å². The number of halogens is 2. The maximum atomic E-state index is 12.1. The van der Waals surface area contributed by atoms with Gasteiger partial charge in [-0.05, 0) is 37.1 Å². The van der Waals surface area contributed by atoms with Crippen LogP contribution in [-0.2, 0) is 0 Å². The van der Waals surface area contributed by atoms with Gasteiger partial charge in [0.2, 0.25) is 0 Å². The number of nitrogens with zero attached hydrogens (tertiary/aromatic N) is 1. The Balaban J connectivity index is 2.15. The molecule has 2 aromatic rings. The summed E-state index contributed by atoms with van der Waals surface area (Å²) in [6, 6.07) is 12.7. The minimum absolute atomic E-state index is 0.323. The van der Waals surface area contributed by atoms with Crippen molar-refractivity contribution in [2.75, 3.05) is 0 Å². The SMILES string of the molecule is CC/C(=N\NC(=O)c1ccc(Cl)c(Cl)c1)c1ccc(C)cc1. The van der Waals surface area contributed by atoms with E-state index in [9.17, 15) is 4.79 Å². The monoisotopic (exact) mass is 334 g/mol. The van der Waals surface area contributed by atoms with E-state index in [1.54, 1.807) is 12.1 Å². The molecule has 0 saturated carbocycles. The van der Waals surface area contributed by atoms with Crippen LogP contribution in [0.3, 0.4) is 0 Å². The molecule has 0 heterocycles. The first-order valence-corrected chi connectivity index (χ1v) is 7.66. The van der Waals surface area contributed by atoms with Gasteiger partial charge in [-0.25, -0.2) is 5.43 Å². The van der Waals surface area contributed by atoms with Crippen LogP contribution in [0, 0.1) is 6.92 Å². The second-order valence-electron chi connectivity index (χ2n) is 4.85. The highest BCUT2D eigenvalue weighted by Crippen LogP contribution is 2.22. The Bertz CT molecular complexity index is 709. The van der Waals surface area contributed by atoms with Gasteiger partial charge < -0.3 is 0 Å². The van der Waals surface area contributed by atoms with Gasteiger partial charge in [0.05, 0.1) is 15.8 Å². The fourth-order valence-electron chi connectivity index (χ4n) is 1.91. The van der Waals surface area contributed by atoms with Crippen molar-refractivity contribution in [3.8, 4) is 0 Å². The summed E-state index contributed by atoms with van der Waals surface area (Å²) in [5, 5.41) is 4.96. The fourth-order valence-corrected chi connectivity index (χ4v) is 2.21. The van der Waals surface area contributed by atoms with Gasteiger partial charge in [-0.3, -0.25) is 4.79 Å². The van der Waals surface area contributed by atoms with Crippen LogP contribution in [-0.4, -0.2) is 11.6 Å². The summed E-state index contributed by atoms with van der Waals surface area (Å²) < 4.78 is 0. The van der Waals surface area contributed by atoms with Crippen LogP contribution in [0.15, 0.2) is 47.6 Å². The van der Waals surface area contributed by atoms with Crippen LogP contribution in [0.1, 0.15) is 34.8 Å². The summed E-state index contributed by atoms with van der Waals surface area (Å²) in [6.45, 7) is 4.02. The Kier molecular flexibility index (Phi) is 5.58. The molecule has 114 valence electrons. The van der Waals surface area contributed by atoms with Crippen LogP contribution >= 0.6 is 23.2 Å². The molecule has 22 heavy (non-hydrogen) atoms. The van der Waals surface area contributed by atoms with Gasteiger partial charge in [0.1, 0.15) is 0 Å².